The lowest BCUT2D eigenvalue weighted by molar-refractivity contribution is -0.126. The van der Waals surface area contributed by atoms with E-state index in [1.54, 1.807) is 12.1 Å². The Kier molecular flexibility index (Phi) is 19.8. The van der Waals surface area contributed by atoms with Gasteiger partial charge in [0.15, 0.2) is 17.3 Å². The molecule has 4 aromatic carbocycles. The molecule has 8 heterocycles. The molecule has 506 valence electrons. The molecule has 8 bridgehead atoms. The fourth-order valence-electron chi connectivity index (χ4n) is 21.6. The van der Waals surface area contributed by atoms with Crippen LogP contribution in [-0.4, -0.2) is 103 Å². The summed E-state index contributed by atoms with van der Waals surface area (Å²) in [6.07, 6.45) is 27.2. The summed E-state index contributed by atoms with van der Waals surface area (Å²) in [4.78, 5) is 34.4. The second-order valence-electron chi connectivity index (χ2n) is 30.7. The maximum atomic E-state index is 14.9. The molecule has 8 aliphatic heterocycles. The SMILES string of the molecule is COc1cc2c(cc1O)CC1=CNC(N)C=C1C(Cc1cccc(CCc3ccccc3)c1)CC#CN=C(N)NC1CC3=CC(C(C)O)NC4CC5(CC6C7CCNCC7CC7C=CCNC76)CC(CCC5C45CCC(C1CCc1ccccc1)C35)CC(=O)CC(=O)C=C2CO. The van der Waals surface area contributed by atoms with Gasteiger partial charge in [0.25, 0.3) is 0 Å². The molecule has 96 heavy (non-hydrogen) atoms. The van der Waals surface area contributed by atoms with E-state index in [1.165, 1.54) is 48.3 Å². The highest BCUT2D eigenvalue weighted by molar-refractivity contribution is 6.08. The number of carbonyl (C=O) groups excluding carboxylic acids is 2. The number of dihydropyridines is 1. The van der Waals surface area contributed by atoms with Crippen molar-refractivity contribution in [2.24, 2.45) is 86.5 Å². The molecular weight excluding hydrogens is 1190 g/mol. The quantitative estimate of drug-likeness (QED) is 0.0342. The second-order valence-corrected chi connectivity index (χ2v) is 30.7. The van der Waals surface area contributed by atoms with Crippen LogP contribution in [-0.2, 0) is 41.7 Å². The van der Waals surface area contributed by atoms with E-state index in [9.17, 15) is 24.9 Å². The summed E-state index contributed by atoms with van der Waals surface area (Å²) in [5.41, 5.74) is 23.7. The zero-order chi connectivity index (χ0) is 66.1. The third kappa shape index (κ3) is 13.6. The van der Waals surface area contributed by atoms with Gasteiger partial charge in [0, 0.05) is 49.8 Å². The predicted octanol–water partition coefficient (Wildman–Crippen LogP) is 10.1. The number of nitrogens with two attached hydrogens (primary N) is 2. The second kappa shape index (κ2) is 28.8. The normalized spacial score (nSPS) is 34.5. The summed E-state index contributed by atoms with van der Waals surface area (Å²) in [7, 11) is 1.48. The molecule has 1 saturated heterocycles. The van der Waals surface area contributed by atoms with E-state index < -0.39 is 18.9 Å². The van der Waals surface area contributed by atoms with E-state index in [0.717, 1.165) is 113 Å². The third-order valence-corrected chi connectivity index (χ3v) is 25.3. The number of aryl methyl sites for hydroxylation is 3. The molecular formula is C82H102N8O6. The van der Waals surface area contributed by atoms with Crippen LogP contribution in [0, 0.1) is 82.0 Å². The first-order valence-electron chi connectivity index (χ1n) is 36.4. The molecule has 17 rings (SSSR count). The van der Waals surface area contributed by atoms with Crippen LogP contribution in [0.1, 0.15) is 130 Å². The molecule has 13 aliphatic rings. The Morgan fingerprint density at radius 3 is 2.46 bits per heavy atom. The lowest BCUT2D eigenvalue weighted by Gasteiger charge is -2.57. The number of fused-ring (bicyclic) bond motifs is 2. The topological polar surface area (TPSA) is 229 Å². The molecule has 0 amide bonds. The van der Waals surface area contributed by atoms with Crippen LogP contribution in [0.15, 0.2) is 155 Å². The number of piperidine rings is 1. The largest absolute Gasteiger partial charge is 0.504 e. The number of aliphatic imine (C=N–C) groups is 1. The lowest BCUT2D eigenvalue weighted by atomic mass is 9.49. The third-order valence-electron chi connectivity index (χ3n) is 25.3. The van der Waals surface area contributed by atoms with E-state index >= 15 is 0 Å². The maximum Gasteiger partial charge on any atom is 0.202 e. The molecule has 14 nitrogen and oxygen atoms in total. The standard InChI is InChI=1S/C82H102N8O6/c1-50(92)71-38-59-39-72-66(24-22-52-14-7-4-8-15-52)67-26-28-82(78(59)67)75-25-23-55(44-81(75,46-76(82)89-71)45-70-65-27-31-85-47-60(65)35-57-19-11-29-86-79(57)70)34-63(93)41-64(94)37-62(49-91)68-42-74(96-2)73(95)40-58(68)36-61-48-88-77(83)43-69(61)56(18-10-30-87-80(84)90-72)33-54-17-9-16-53(32-54)21-20-51-12-5-3-6-13-51/h3-9,11-17,19,32,37-38,40,42-43,48,50,55-57,60,65-67,70-72,75-79,85-86,88-89,91-92,95H,18,20-29,31,33-36,39,41,44-47,49,83H2,1-2H3,(H3,84,87,90). The first-order chi connectivity index (χ1) is 46.7. The Labute approximate surface area is 568 Å². The minimum Gasteiger partial charge on any atom is -0.504 e. The van der Waals surface area contributed by atoms with Crippen LogP contribution in [0.25, 0.3) is 5.57 Å². The molecule has 18 unspecified atom stereocenters. The number of phenols is 1. The monoisotopic (exact) mass is 1290 g/mol. The van der Waals surface area contributed by atoms with Gasteiger partial charge in [-0.1, -0.05) is 115 Å². The van der Waals surface area contributed by atoms with E-state index in [4.69, 9.17) is 21.2 Å². The molecule has 5 aliphatic carbocycles. The number of aliphatic hydroxyl groups is 2. The van der Waals surface area contributed by atoms with Gasteiger partial charge in [-0.2, -0.15) is 4.99 Å². The number of aliphatic hydroxyl groups excluding tert-OH is 2. The molecule has 4 aromatic rings. The summed E-state index contributed by atoms with van der Waals surface area (Å²) in [6, 6.07) is 37.2. The lowest BCUT2D eigenvalue weighted by Crippen LogP contribution is -2.58. The Morgan fingerprint density at radius 1 is 0.865 bits per heavy atom. The number of carbonyl (C=O) groups is 2. The van der Waals surface area contributed by atoms with Crippen molar-refractivity contribution in [3.05, 3.63) is 184 Å². The van der Waals surface area contributed by atoms with Gasteiger partial charge in [-0.05, 0) is 267 Å². The number of phenolic OH excluding ortho intramolecular Hbond substituents is 1. The zero-order valence-corrected chi connectivity index (χ0v) is 56.4. The van der Waals surface area contributed by atoms with E-state index in [2.05, 4.69) is 142 Å². The van der Waals surface area contributed by atoms with Crippen molar-refractivity contribution in [2.45, 2.75) is 165 Å². The Balaban J connectivity index is 0.865. The highest BCUT2D eigenvalue weighted by Gasteiger charge is 2.71. The summed E-state index contributed by atoms with van der Waals surface area (Å²) in [6.45, 7) is 4.47. The fourth-order valence-corrected chi connectivity index (χ4v) is 21.6. The number of guanidine groups is 1. The number of nitrogens with zero attached hydrogens (tertiary/aromatic N) is 1. The van der Waals surface area contributed by atoms with Crippen molar-refractivity contribution >= 4 is 23.1 Å². The number of rotatable bonds is 13. The van der Waals surface area contributed by atoms with Crippen molar-refractivity contribution in [1.82, 2.24) is 26.6 Å². The summed E-state index contributed by atoms with van der Waals surface area (Å²) in [5.74, 6) is 6.92. The van der Waals surface area contributed by atoms with Gasteiger partial charge < -0.3 is 58.1 Å². The first-order valence-corrected chi connectivity index (χ1v) is 36.4. The van der Waals surface area contributed by atoms with Crippen molar-refractivity contribution in [3.63, 3.8) is 0 Å². The number of methoxy groups -OCH3 is 1. The first kappa shape index (κ1) is 66.2. The molecule has 12 N–H and O–H groups in total. The van der Waals surface area contributed by atoms with Gasteiger partial charge in [-0.3, -0.25) is 9.59 Å². The Morgan fingerprint density at radius 2 is 1.66 bits per heavy atom. The van der Waals surface area contributed by atoms with Crippen LogP contribution in [0.4, 0.5) is 0 Å². The highest BCUT2D eigenvalue weighted by atomic mass is 16.5. The molecule has 5 saturated carbocycles. The fraction of sp³-hybridized carbons (Fsp3) is 0.524. The van der Waals surface area contributed by atoms with E-state index in [1.807, 2.05) is 19.2 Å². The molecule has 1 spiro atoms. The van der Waals surface area contributed by atoms with Crippen LogP contribution in [0.5, 0.6) is 11.5 Å². The Hall–Kier alpha value is -7.09. The van der Waals surface area contributed by atoms with Gasteiger partial charge in [0.2, 0.25) is 5.96 Å². The maximum absolute atomic E-state index is 14.9. The van der Waals surface area contributed by atoms with E-state index in [-0.39, 0.29) is 82.6 Å². The number of Topliss-reactive ketones (excluding diaryl/α,β-unsaturated/α-hetero) is 1. The number of aromatic hydroxyl groups is 1. The number of ether oxygens (including phenoxy) is 1. The van der Waals surface area contributed by atoms with Gasteiger partial charge >= 0.3 is 0 Å². The van der Waals surface area contributed by atoms with Gasteiger partial charge in [0.1, 0.15) is 5.78 Å². The summed E-state index contributed by atoms with van der Waals surface area (Å²) in [5, 5.41) is 54.3. The average Bonchev–Trinajstić information content (AvgIpc) is 1.51. The van der Waals surface area contributed by atoms with Crippen molar-refractivity contribution in [1.29, 1.82) is 0 Å². The minimum atomic E-state index is -0.617. The number of hydrogen-bond donors (Lipinski definition) is 10. The number of benzene rings is 4. The minimum absolute atomic E-state index is 0.0214. The van der Waals surface area contributed by atoms with Crippen LogP contribution in [0.3, 0.4) is 0 Å². The molecule has 0 radical (unpaired) electrons. The predicted molar refractivity (Wildman–Crippen MR) is 380 cm³/mol. The van der Waals surface area contributed by atoms with E-state index in [0.29, 0.717) is 89.4 Å². The molecule has 0 aromatic heterocycles. The van der Waals surface area contributed by atoms with Gasteiger partial charge in [-0.15, -0.1) is 0 Å². The van der Waals surface area contributed by atoms with Crippen molar-refractivity contribution < 1.29 is 29.6 Å². The number of hydrogen-bond acceptors (Lipinski definition) is 14. The zero-order valence-electron chi connectivity index (χ0n) is 56.4. The summed E-state index contributed by atoms with van der Waals surface area (Å²) < 4.78 is 5.70. The van der Waals surface area contributed by atoms with Crippen LogP contribution in [0.2, 0.25) is 0 Å². The molecule has 6 fully saturated rings. The van der Waals surface area contributed by atoms with Gasteiger partial charge in [-0.25, -0.2) is 0 Å². The average molecular weight is 1300 g/mol. The summed E-state index contributed by atoms with van der Waals surface area (Å²) >= 11 is 0. The van der Waals surface area contributed by atoms with Crippen molar-refractivity contribution in [3.8, 4) is 23.5 Å². The van der Waals surface area contributed by atoms with Crippen LogP contribution < -0.4 is 42.8 Å². The number of nitrogens with one attached hydrogen (secondary N) is 5. The van der Waals surface area contributed by atoms with Crippen LogP contribution >= 0.6 is 0 Å². The highest BCUT2D eigenvalue weighted by Crippen LogP contribution is 2.75. The number of allylic oxidation sites excluding steroid dienone is 3. The Bertz CT molecular complexity index is 3750. The van der Waals surface area contributed by atoms with Crippen molar-refractivity contribution in [2.75, 3.05) is 33.4 Å². The smallest absolute Gasteiger partial charge is 0.202 e. The van der Waals surface area contributed by atoms with Gasteiger partial charge in [0.05, 0.1) is 38.4 Å². The molecule has 18 atom stereocenters. The molecule has 14 heteroatoms. The number of ketones is 2.